The van der Waals surface area contributed by atoms with Crippen molar-refractivity contribution in [2.45, 2.75) is 89.9 Å². The standard InChI is InChI=1S/C38H47N3O2/c1-2-41-36-13-6-5-12-34(36)35-24-29(14-16-37(35)41)26-39-21-20-33(27-39)43-32-11-7-8-30(25-32)38(42)17-15-28-18-22-40(23-19-28)31-9-3-4-10-31/h5-8,11-14,16,24-25,28,31,33H,2-4,9-10,15,17-23,26-27H2,1H3/t33-/m0/s1. The summed E-state index contributed by atoms with van der Waals surface area (Å²) in [4.78, 5) is 18.3. The summed E-state index contributed by atoms with van der Waals surface area (Å²) in [7, 11) is 0. The van der Waals surface area contributed by atoms with E-state index in [0.29, 0.717) is 12.3 Å². The highest BCUT2D eigenvalue weighted by molar-refractivity contribution is 6.08. The van der Waals surface area contributed by atoms with E-state index in [1.807, 2.05) is 24.3 Å². The first-order valence-electron chi connectivity index (χ1n) is 16.9. The fraction of sp³-hybridized carbons (Fsp3) is 0.500. The third kappa shape index (κ3) is 6.25. The highest BCUT2D eigenvalue weighted by Gasteiger charge is 2.28. The average Bonchev–Trinajstić information content (AvgIpc) is 3.80. The van der Waals surface area contributed by atoms with Crippen LogP contribution in [0.3, 0.4) is 0 Å². The second-order valence-corrected chi connectivity index (χ2v) is 13.3. The van der Waals surface area contributed by atoms with Gasteiger partial charge in [-0.05, 0) is 100 Å². The van der Waals surface area contributed by atoms with Crippen LogP contribution in [0.2, 0.25) is 0 Å². The molecule has 2 aliphatic heterocycles. The van der Waals surface area contributed by atoms with Gasteiger partial charge in [-0.25, -0.2) is 0 Å². The molecule has 3 heterocycles. The number of nitrogens with zero attached hydrogens (tertiary/aromatic N) is 3. The van der Waals surface area contributed by atoms with Crippen molar-refractivity contribution >= 4 is 27.6 Å². The summed E-state index contributed by atoms with van der Waals surface area (Å²) in [5, 5.41) is 2.68. The second-order valence-electron chi connectivity index (χ2n) is 13.3. The van der Waals surface area contributed by atoms with Crippen molar-refractivity contribution in [3.05, 3.63) is 77.9 Å². The number of ether oxygens (including phenoxy) is 1. The van der Waals surface area contributed by atoms with Crippen LogP contribution in [-0.2, 0) is 13.1 Å². The number of aryl methyl sites for hydroxylation is 1. The first-order valence-corrected chi connectivity index (χ1v) is 16.9. The molecule has 0 N–H and O–H groups in total. The van der Waals surface area contributed by atoms with Crippen LogP contribution in [-0.4, -0.2) is 58.5 Å². The van der Waals surface area contributed by atoms with E-state index in [2.05, 4.69) is 63.8 Å². The number of hydrogen-bond acceptors (Lipinski definition) is 4. The van der Waals surface area contributed by atoms with Crippen molar-refractivity contribution < 1.29 is 9.53 Å². The Bertz CT molecular complexity index is 1560. The van der Waals surface area contributed by atoms with Gasteiger partial charge in [0.1, 0.15) is 11.9 Å². The lowest BCUT2D eigenvalue weighted by molar-refractivity contribution is 0.0948. The van der Waals surface area contributed by atoms with Crippen LogP contribution < -0.4 is 4.74 Å². The maximum absolute atomic E-state index is 13.1. The highest BCUT2D eigenvalue weighted by atomic mass is 16.5. The molecule has 4 aromatic rings. The Morgan fingerprint density at radius 3 is 2.49 bits per heavy atom. The molecule has 3 aromatic carbocycles. The molecule has 2 saturated heterocycles. The number of Topliss-reactive ketones (excluding diaryl/α,β-unsaturated/α-hetero) is 1. The molecular formula is C38H47N3O2. The highest BCUT2D eigenvalue weighted by Crippen LogP contribution is 2.32. The van der Waals surface area contributed by atoms with Crippen LogP contribution in [0.5, 0.6) is 5.75 Å². The van der Waals surface area contributed by atoms with Crippen LogP contribution in [0, 0.1) is 5.92 Å². The van der Waals surface area contributed by atoms with Crippen LogP contribution in [0.25, 0.3) is 21.8 Å². The molecule has 1 saturated carbocycles. The minimum absolute atomic E-state index is 0.154. The number of ketones is 1. The van der Waals surface area contributed by atoms with Crippen molar-refractivity contribution in [2.24, 2.45) is 5.92 Å². The van der Waals surface area contributed by atoms with Crippen molar-refractivity contribution in [3.63, 3.8) is 0 Å². The maximum Gasteiger partial charge on any atom is 0.163 e. The molecule has 0 spiro atoms. The van der Waals surface area contributed by atoms with Gasteiger partial charge in [0.25, 0.3) is 0 Å². The predicted molar refractivity (Wildman–Crippen MR) is 176 cm³/mol. The van der Waals surface area contributed by atoms with Crippen molar-refractivity contribution in [3.8, 4) is 5.75 Å². The van der Waals surface area contributed by atoms with Gasteiger partial charge < -0.3 is 14.2 Å². The summed E-state index contributed by atoms with van der Waals surface area (Å²) in [6.07, 6.45) is 10.9. The molecule has 1 aromatic heterocycles. The molecule has 7 rings (SSSR count). The number of para-hydroxylation sites is 1. The quantitative estimate of drug-likeness (QED) is 0.179. The van der Waals surface area contributed by atoms with Crippen molar-refractivity contribution in [1.29, 1.82) is 0 Å². The fourth-order valence-electron chi connectivity index (χ4n) is 8.13. The lowest BCUT2D eigenvalue weighted by atomic mass is 9.89. The van der Waals surface area contributed by atoms with Crippen molar-refractivity contribution in [2.75, 3.05) is 26.2 Å². The molecular weight excluding hydrogens is 530 g/mol. The summed E-state index contributed by atoms with van der Waals surface area (Å²) in [5.74, 6) is 1.78. The van der Waals surface area contributed by atoms with Crippen LogP contribution in [0.15, 0.2) is 66.7 Å². The summed E-state index contributed by atoms with van der Waals surface area (Å²) >= 11 is 0. The third-order valence-electron chi connectivity index (χ3n) is 10.5. The smallest absolute Gasteiger partial charge is 0.163 e. The lowest BCUT2D eigenvalue weighted by Gasteiger charge is -2.36. The first-order chi connectivity index (χ1) is 21.1. The Balaban J connectivity index is 0.911. The Morgan fingerprint density at radius 1 is 0.837 bits per heavy atom. The summed E-state index contributed by atoms with van der Waals surface area (Å²) in [6, 6.07) is 24.5. The first kappa shape index (κ1) is 28.6. The zero-order valence-corrected chi connectivity index (χ0v) is 25.8. The largest absolute Gasteiger partial charge is 0.489 e. The van der Waals surface area contributed by atoms with Gasteiger partial charge in [0.15, 0.2) is 5.78 Å². The fourth-order valence-corrected chi connectivity index (χ4v) is 8.13. The van der Waals surface area contributed by atoms with Gasteiger partial charge >= 0.3 is 0 Å². The van der Waals surface area contributed by atoms with E-state index < -0.39 is 0 Å². The number of rotatable bonds is 10. The molecule has 0 radical (unpaired) electrons. The lowest BCUT2D eigenvalue weighted by Crippen LogP contribution is -2.40. The molecule has 3 fully saturated rings. The minimum Gasteiger partial charge on any atom is -0.489 e. The Morgan fingerprint density at radius 2 is 1.65 bits per heavy atom. The molecule has 0 bridgehead atoms. The van der Waals surface area contributed by atoms with Gasteiger partial charge in [-0.15, -0.1) is 0 Å². The van der Waals surface area contributed by atoms with Crippen molar-refractivity contribution in [1.82, 2.24) is 14.4 Å². The van der Waals surface area contributed by atoms with E-state index in [1.54, 1.807) is 0 Å². The van der Waals surface area contributed by atoms with Crippen LogP contribution in [0.4, 0.5) is 0 Å². The zero-order chi connectivity index (χ0) is 29.2. The molecule has 1 aliphatic carbocycles. The van der Waals surface area contributed by atoms with Gasteiger partial charge in [-0.1, -0.05) is 49.2 Å². The predicted octanol–water partition coefficient (Wildman–Crippen LogP) is 8.09. The molecule has 0 amide bonds. The molecule has 226 valence electrons. The Labute approximate surface area is 256 Å². The van der Waals surface area contributed by atoms with Gasteiger partial charge in [-0.3, -0.25) is 9.69 Å². The number of carbonyl (C=O) groups excluding carboxylic acids is 1. The minimum atomic E-state index is 0.154. The van der Waals surface area contributed by atoms with E-state index in [0.717, 1.165) is 56.4 Å². The number of likely N-dealkylation sites (tertiary alicyclic amines) is 2. The van der Waals surface area contributed by atoms with Gasteiger partial charge in [0.2, 0.25) is 0 Å². The SMILES string of the molecule is CCn1c2ccccc2c2cc(CN3CC[C@H](Oc4cccc(C(=O)CCC5CCN(C6CCCC6)CC5)c4)C3)ccc21. The normalized spacial score (nSPS) is 20.9. The number of piperidine rings is 1. The molecule has 1 atom stereocenters. The van der Waals surface area contributed by atoms with E-state index in [9.17, 15) is 4.79 Å². The summed E-state index contributed by atoms with van der Waals surface area (Å²) in [5.41, 5.74) is 4.78. The molecule has 5 nitrogen and oxygen atoms in total. The molecule has 43 heavy (non-hydrogen) atoms. The van der Waals surface area contributed by atoms with Gasteiger partial charge in [0, 0.05) is 66.0 Å². The molecule has 5 heteroatoms. The Kier molecular flexibility index (Phi) is 8.54. The van der Waals surface area contributed by atoms with E-state index >= 15 is 0 Å². The topological polar surface area (TPSA) is 37.7 Å². The van der Waals surface area contributed by atoms with Gasteiger partial charge in [0.05, 0.1) is 0 Å². The number of aromatic nitrogens is 1. The molecule has 3 aliphatic rings. The monoisotopic (exact) mass is 577 g/mol. The average molecular weight is 578 g/mol. The maximum atomic E-state index is 13.1. The Hall–Kier alpha value is -3.15. The zero-order valence-electron chi connectivity index (χ0n) is 25.8. The number of fused-ring (bicyclic) bond motifs is 3. The van der Waals surface area contributed by atoms with Crippen LogP contribution >= 0.6 is 0 Å². The third-order valence-corrected chi connectivity index (χ3v) is 10.5. The summed E-state index contributed by atoms with van der Waals surface area (Å²) in [6.45, 7) is 8.51. The van der Waals surface area contributed by atoms with E-state index in [4.69, 9.17) is 4.74 Å². The number of carbonyl (C=O) groups is 1. The number of hydrogen-bond donors (Lipinski definition) is 0. The number of benzene rings is 3. The van der Waals surface area contributed by atoms with Gasteiger partial charge in [-0.2, -0.15) is 0 Å². The van der Waals surface area contributed by atoms with E-state index in [-0.39, 0.29) is 11.9 Å². The van der Waals surface area contributed by atoms with Crippen LogP contribution in [0.1, 0.15) is 80.6 Å². The molecule has 0 unspecified atom stereocenters. The van der Waals surface area contributed by atoms with E-state index in [1.165, 1.54) is 79.0 Å². The summed E-state index contributed by atoms with van der Waals surface area (Å²) < 4.78 is 8.84. The second kappa shape index (κ2) is 12.8.